The van der Waals surface area contributed by atoms with Crippen LogP contribution in [-0.2, 0) is 19.9 Å². The molecule has 0 saturated carbocycles. The zero-order valence-electron chi connectivity index (χ0n) is 18.5. The van der Waals surface area contributed by atoms with E-state index in [-0.39, 0.29) is 23.8 Å². The molecule has 4 atom stereocenters. The number of fused-ring (bicyclic) bond motifs is 8. The number of aryl methyl sites for hydroxylation is 1. The van der Waals surface area contributed by atoms with Gasteiger partial charge in [-0.15, -0.1) is 0 Å². The summed E-state index contributed by atoms with van der Waals surface area (Å²) < 4.78 is 11.3. The van der Waals surface area contributed by atoms with Crippen molar-refractivity contribution >= 4 is 40.7 Å². The van der Waals surface area contributed by atoms with Crippen molar-refractivity contribution in [2.24, 2.45) is 11.8 Å². The largest absolute Gasteiger partial charge is 0.486 e. The van der Waals surface area contributed by atoms with Crippen LogP contribution in [0.4, 0.5) is 11.4 Å². The van der Waals surface area contributed by atoms with Crippen LogP contribution >= 0.6 is 11.6 Å². The second-order valence-corrected chi connectivity index (χ2v) is 10.0. The van der Waals surface area contributed by atoms with Crippen molar-refractivity contribution in [3.8, 4) is 11.5 Å². The minimum Gasteiger partial charge on any atom is -0.486 e. The molecule has 0 aromatic heterocycles. The Bertz CT molecular complexity index is 1310. The van der Waals surface area contributed by atoms with Crippen molar-refractivity contribution in [1.29, 1.82) is 0 Å². The number of nitrogens with one attached hydrogen (secondary N) is 1. The molecule has 7 rings (SSSR count). The fraction of sp³-hybridized carbons (Fsp3) is 0.400. The van der Waals surface area contributed by atoms with Crippen molar-refractivity contribution < 1.29 is 23.9 Å². The van der Waals surface area contributed by atoms with E-state index in [1.54, 1.807) is 24.3 Å². The third kappa shape index (κ3) is 2.30. The average molecular weight is 480 g/mol. The Kier molecular flexibility index (Phi) is 4.02. The molecule has 0 radical (unpaired) electrons. The number of amides is 3. The van der Waals surface area contributed by atoms with Crippen LogP contribution in [0, 0.1) is 18.8 Å². The van der Waals surface area contributed by atoms with E-state index >= 15 is 0 Å². The molecule has 0 aliphatic carbocycles. The van der Waals surface area contributed by atoms with Crippen LogP contribution in [0.5, 0.6) is 11.5 Å². The molecule has 174 valence electrons. The number of ether oxygens (including phenoxy) is 2. The summed E-state index contributed by atoms with van der Waals surface area (Å²) >= 11 is 6.52. The molecule has 2 aromatic carbocycles. The van der Waals surface area contributed by atoms with Gasteiger partial charge >= 0.3 is 0 Å². The number of hydrogen-bond donors (Lipinski definition) is 1. The molecule has 2 aromatic rings. The van der Waals surface area contributed by atoms with E-state index in [9.17, 15) is 14.4 Å². The van der Waals surface area contributed by atoms with Gasteiger partial charge in [-0.1, -0.05) is 17.7 Å². The summed E-state index contributed by atoms with van der Waals surface area (Å²) in [5.74, 6) is -1.23. The first kappa shape index (κ1) is 20.3. The molecular weight excluding hydrogens is 458 g/mol. The highest BCUT2D eigenvalue weighted by atomic mass is 35.5. The SMILES string of the molecule is Cc1cc(Cl)c2c(c1)[C@@]1(C(=O)N2)[C@H]2C(=O)N(c3ccc4c(c3)OCCO4)C(=O)[C@@H]2[C@H]2CCCN21. The van der Waals surface area contributed by atoms with E-state index in [1.165, 1.54) is 4.90 Å². The molecule has 3 fully saturated rings. The Morgan fingerprint density at radius 1 is 1.06 bits per heavy atom. The topological polar surface area (TPSA) is 88.2 Å². The molecule has 5 heterocycles. The first-order valence-electron chi connectivity index (χ1n) is 11.6. The number of benzene rings is 2. The van der Waals surface area contributed by atoms with Crippen LogP contribution < -0.4 is 19.7 Å². The molecule has 8 nitrogen and oxygen atoms in total. The Balaban J connectivity index is 1.40. The number of rotatable bonds is 1. The molecule has 5 aliphatic heterocycles. The highest BCUT2D eigenvalue weighted by Crippen LogP contribution is 2.61. The number of imide groups is 1. The molecular formula is C25H22ClN3O5. The summed E-state index contributed by atoms with van der Waals surface area (Å²) in [6.07, 6.45) is 1.63. The van der Waals surface area contributed by atoms with Gasteiger partial charge < -0.3 is 14.8 Å². The Hall–Kier alpha value is -3.10. The highest BCUT2D eigenvalue weighted by molar-refractivity contribution is 6.35. The summed E-state index contributed by atoms with van der Waals surface area (Å²) in [5, 5.41) is 3.40. The molecule has 34 heavy (non-hydrogen) atoms. The number of halogens is 1. The van der Waals surface area contributed by atoms with Gasteiger partial charge in [-0.2, -0.15) is 0 Å². The minimum atomic E-state index is -1.24. The summed E-state index contributed by atoms with van der Waals surface area (Å²) in [6.45, 7) is 3.43. The molecule has 1 spiro atoms. The normalized spacial score (nSPS) is 31.2. The van der Waals surface area contributed by atoms with E-state index < -0.39 is 17.4 Å². The average Bonchev–Trinajstić information content (AvgIpc) is 3.52. The van der Waals surface area contributed by atoms with Gasteiger partial charge in [-0.05, 0) is 50.1 Å². The first-order chi connectivity index (χ1) is 16.4. The smallest absolute Gasteiger partial charge is 0.250 e. The van der Waals surface area contributed by atoms with Gasteiger partial charge in [0, 0.05) is 17.7 Å². The van der Waals surface area contributed by atoms with Crippen LogP contribution in [0.25, 0.3) is 0 Å². The maximum absolute atomic E-state index is 14.1. The molecule has 3 saturated heterocycles. The lowest BCUT2D eigenvalue weighted by Crippen LogP contribution is -2.54. The monoisotopic (exact) mass is 479 g/mol. The Labute approximate surface area is 200 Å². The first-order valence-corrected chi connectivity index (χ1v) is 12.0. The Morgan fingerprint density at radius 3 is 2.68 bits per heavy atom. The second kappa shape index (κ2) is 6.73. The van der Waals surface area contributed by atoms with Crippen molar-refractivity contribution in [2.45, 2.75) is 31.3 Å². The third-order valence-corrected chi connectivity index (χ3v) is 8.28. The minimum absolute atomic E-state index is 0.181. The maximum Gasteiger partial charge on any atom is 0.250 e. The van der Waals surface area contributed by atoms with E-state index in [4.69, 9.17) is 21.1 Å². The van der Waals surface area contributed by atoms with Gasteiger partial charge in [-0.25, -0.2) is 4.90 Å². The lowest BCUT2D eigenvalue weighted by atomic mass is 9.75. The second-order valence-electron chi connectivity index (χ2n) is 9.64. The van der Waals surface area contributed by atoms with Gasteiger partial charge in [0.1, 0.15) is 18.8 Å². The molecule has 0 unspecified atom stereocenters. The van der Waals surface area contributed by atoms with Crippen molar-refractivity contribution in [3.63, 3.8) is 0 Å². The maximum atomic E-state index is 14.1. The van der Waals surface area contributed by atoms with Crippen molar-refractivity contribution in [3.05, 3.63) is 46.5 Å². The summed E-state index contributed by atoms with van der Waals surface area (Å²) in [5.41, 5.74) is 1.34. The quantitative estimate of drug-likeness (QED) is 0.633. The lowest BCUT2D eigenvalue weighted by Gasteiger charge is -2.36. The summed E-state index contributed by atoms with van der Waals surface area (Å²) in [4.78, 5) is 45.0. The fourth-order valence-electron chi connectivity index (χ4n) is 6.82. The number of anilines is 2. The fourth-order valence-corrected chi connectivity index (χ4v) is 7.14. The van der Waals surface area contributed by atoms with Crippen LogP contribution in [0.1, 0.15) is 24.0 Å². The van der Waals surface area contributed by atoms with Crippen LogP contribution in [0.2, 0.25) is 5.02 Å². The van der Waals surface area contributed by atoms with E-state index in [0.717, 1.165) is 18.4 Å². The molecule has 5 aliphatic rings. The molecule has 9 heteroatoms. The van der Waals surface area contributed by atoms with Gasteiger partial charge in [0.15, 0.2) is 11.5 Å². The van der Waals surface area contributed by atoms with E-state index in [1.807, 2.05) is 13.0 Å². The number of carbonyl (C=O) groups excluding carboxylic acids is 3. The number of nitrogens with zero attached hydrogens (tertiary/aromatic N) is 2. The number of carbonyl (C=O) groups is 3. The summed E-state index contributed by atoms with van der Waals surface area (Å²) in [6, 6.07) is 8.65. The lowest BCUT2D eigenvalue weighted by molar-refractivity contribution is -0.135. The molecule has 1 N–H and O–H groups in total. The molecule has 0 bridgehead atoms. The van der Waals surface area contributed by atoms with Crippen LogP contribution in [0.3, 0.4) is 0 Å². The highest BCUT2D eigenvalue weighted by Gasteiger charge is 2.74. The zero-order chi connectivity index (χ0) is 23.4. The predicted octanol–water partition coefficient (Wildman–Crippen LogP) is 2.85. The van der Waals surface area contributed by atoms with Gasteiger partial charge in [0.2, 0.25) is 11.8 Å². The van der Waals surface area contributed by atoms with Crippen molar-refractivity contribution in [2.75, 3.05) is 30.0 Å². The summed E-state index contributed by atoms with van der Waals surface area (Å²) in [7, 11) is 0. The third-order valence-electron chi connectivity index (χ3n) is 7.98. The van der Waals surface area contributed by atoms with E-state index in [0.29, 0.717) is 53.2 Å². The standard InChI is InChI=1S/C25H22ClN3O5/c1-12-9-14-21(15(26)10-12)27-24(32)25(14)20-19(16-3-2-6-28(16)25)22(30)29(23(20)31)13-4-5-17-18(11-13)34-8-7-33-17/h4-5,9-11,16,19-20H,2-3,6-8H2,1H3,(H,27,32)/t16-,19-,20-,25+/m1/s1. The van der Waals surface area contributed by atoms with Gasteiger partial charge in [0.25, 0.3) is 5.91 Å². The van der Waals surface area contributed by atoms with Crippen molar-refractivity contribution in [1.82, 2.24) is 4.90 Å². The number of hydrogen-bond acceptors (Lipinski definition) is 6. The molecule has 3 amide bonds. The van der Waals surface area contributed by atoms with Gasteiger partial charge in [0.05, 0.1) is 28.2 Å². The van der Waals surface area contributed by atoms with Gasteiger partial charge in [-0.3, -0.25) is 19.3 Å². The van der Waals surface area contributed by atoms with Crippen LogP contribution in [-0.4, -0.2) is 48.4 Å². The van der Waals surface area contributed by atoms with Crippen LogP contribution in [0.15, 0.2) is 30.3 Å². The Morgan fingerprint density at radius 2 is 1.85 bits per heavy atom. The van der Waals surface area contributed by atoms with E-state index in [2.05, 4.69) is 10.2 Å². The predicted molar refractivity (Wildman–Crippen MR) is 123 cm³/mol. The zero-order valence-corrected chi connectivity index (χ0v) is 19.2.